The standard InChI is InChI=1S/C19H22N2O4S/c1-2-24-19(23)21-15-7-6-8-16(13-15)25-14-18(22)20-11-12-26-17-9-4-3-5-10-17/h3-10,13H,2,11-12,14H2,1H3,(H,20,22)(H,21,23). The van der Waals surface area contributed by atoms with Crippen molar-refractivity contribution in [1.29, 1.82) is 0 Å². The van der Waals surface area contributed by atoms with Crippen molar-refractivity contribution in [2.75, 3.05) is 30.8 Å². The van der Waals surface area contributed by atoms with Gasteiger partial charge in [-0.3, -0.25) is 10.1 Å². The van der Waals surface area contributed by atoms with Crippen molar-refractivity contribution < 1.29 is 19.1 Å². The molecule has 0 spiro atoms. The number of hydrogen-bond donors (Lipinski definition) is 2. The highest BCUT2D eigenvalue weighted by Crippen LogP contribution is 2.18. The molecule has 2 N–H and O–H groups in total. The first-order chi connectivity index (χ1) is 12.7. The molecule has 0 aromatic heterocycles. The molecule has 0 aliphatic carbocycles. The lowest BCUT2D eigenvalue weighted by molar-refractivity contribution is -0.122. The molecule has 2 aromatic rings. The Kier molecular flexibility index (Phi) is 8.35. The Labute approximate surface area is 157 Å². The summed E-state index contributed by atoms with van der Waals surface area (Å²) < 4.78 is 10.3. The number of thioether (sulfide) groups is 1. The van der Waals surface area contributed by atoms with E-state index >= 15 is 0 Å². The molecule has 2 amide bonds. The molecule has 0 heterocycles. The van der Waals surface area contributed by atoms with Gasteiger partial charge in [-0.25, -0.2) is 4.79 Å². The van der Waals surface area contributed by atoms with Crippen LogP contribution in [0.1, 0.15) is 6.92 Å². The first-order valence-corrected chi connectivity index (χ1v) is 9.27. The normalized spacial score (nSPS) is 10.0. The summed E-state index contributed by atoms with van der Waals surface area (Å²) in [5, 5.41) is 5.40. The molecule has 0 unspecified atom stereocenters. The molecule has 138 valence electrons. The van der Waals surface area contributed by atoms with Crippen LogP contribution in [0.4, 0.5) is 10.5 Å². The third kappa shape index (κ3) is 7.48. The largest absolute Gasteiger partial charge is 0.484 e. The van der Waals surface area contributed by atoms with Gasteiger partial charge < -0.3 is 14.8 Å². The molecular weight excluding hydrogens is 352 g/mol. The monoisotopic (exact) mass is 374 g/mol. The Hall–Kier alpha value is -2.67. The van der Waals surface area contributed by atoms with E-state index < -0.39 is 6.09 Å². The minimum atomic E-state index is -0.529. The lowest BCUT2D eigenvalue weighted by Crippen LogP contribution is -2.30. The molecule has 0 bridgehead atoms. The molecule has 6 nitrogen and oxygen atoms in total. The van der Waals surface area contributed by atoms with Crippen molar-refractivity contribution in [2.24, 2.45) is 0 Å². The summed E-state index contributed by atoms with van der Waals surface area (Å²) in [4.78, 5) is 24.4. The average Bonchev–Trinajstić information content (AvgIpc) is 2.65. The number of benzene rings is 2. The van der Waals surface area contributed by atoms with Crippen molar-refractivity contribution in [3.05, 3.63) is 54.6 Å². The van der Waals surface area contributed by atoms with Gasteiger partial charge in [0.2, 0.25) is 0 Å². The second-order valence-corrected chi connectivity index (χ2v) is 6.34. The van der Waals surface area contributed by atoms with Crippen LogP contribution in [0.3, 0.4) is 0 Å². The van der Waals surface area contributed by atoms with E-state index in [9.17, 15) is 9.59 Å². The molecule has 0 aliphatic heterocycles. The summed E-state index contributed by atoms with van der Waals surface area (Å²) in [6, 6.07) is 16.8. The van der Waals surface area contributed by atoms with Gasteiger partial charge in [-0.05, 0) is 31.2 Å². The highest BCUT2D eigenvalue weighted by atomic mass is 32.2. The lowest BCUT2D eigenvalue weighted by Gasteiger charge is -2.09. The average molecular weight is 374 g/mol. The maximum absolute atomic E-state index is 11.8. The summed E-state index contributed by atoms with van der Waals surface area (Å²) in [7, 11) is 0. The van der Waals surface area contributed by atoms with Crippen LogP contribution >= 0.6 is 11.8 Å². The zero-order valence-electron chi connectivity index (χ0n) is 14.6. The molecule has 2 rings (SSSR count). The van der Waals surface area contributed by atoms with Crippen LogP contribution in [-0.2, 0) is 9.53 Å². The number of hydrogen-bond acceptors (Lipinski definition) is 5. The van der Waals surface area contributed by atoms with Crippen molar-refractivity contribution >= 4 is 29.4 Å². The highest BCUT2D eigenvalue weighted by molar-refractivity contribution is 7.99. The van der Waals surface area contributed by atoms with E-state index in [1.807, 2.05) is 30.3 Å². The fourth-order valence-corrected chi connectivity index (χ4v) is 2.81. The highest BCUT2D eigenvalue weighted by Gasteiger charge is 2.05. The van der Waals surface area contributed by atoms with Gasteiger partial charge in [0.1, 0.15) is 5.75 Å². The molecule has 0 radical (unpaired) electrons. The van der Waals surface area contributed by atoms with Gasteiger partial charge in [0.25, 0.3) is 5.91 Å². The zero-order valence-corrected chi connectivity index (χ0v) is 15.4. The van der Waals surface area contributed by atoms with Crippen LogP contribution in [0.25, 0.3) is 0 Å². The topological polar surface area (TPSA) is 76.7 Å². The fourth-order valence-electron chi connectivity index (χ4n) is 2.02. The minimum absolute atomic E-state index is 0.0845. The van der Waals surface area contributed by atoms with Gasteiger partial charge in [-0.2, -0.15) is 0 Å². The van der Waals surface area contributed by atoms with Crippen molar-refractivity contribution in [3.8, 4) is 5.75 Å². The number of anilines is 1. The Bertz CT molecular complexity index is 710. The minimum Gasteiger partial charge on any atom is -0.484 e. The Morgan fingerprint density at radius 3 is 2.65 bits per heavy atom. The number of carbonyl (C=O) groups excluding carboxylic acids is 2. The van der Waals surface area contributed by atoms with Crippen LogP contribution in [0.15, 0.2) is 59.5 Å². The molecular formula is C19H22N2O4S. The summed E-state index contributed by atoms with van der Waals surface area (Å²) >= 11 is 1.68. The number of ether oxygens (including phenoxy) is 2. The molecule has 0 atom stereocenters. The molecule has 7 heteroatoms. The van der Waals surface area contributed by atoms with E-state index in [4.69, 9.17) is 9.47 Å². The maximum Gasteiger partial charge on any atom is 0.411 e. The molecule has 0 aliphatic rings. The van der Waals surface area contributed by atoms with E-state index in [1.165, 1.54) is 4.90 Å². The quantitative estimate of drug-likeness (QED) is 0.519. The maximum atomic E-state index is 11.8. The van der Waals surface area contributed by atoms with Crippen LogP contribution in [0.5, 0.6) is 5.75 Å². The van der Waals surface area contributed by atoms with E-state index in [0.717, 1.165) is 5.75 Å². The molecule has 0 fully saturated rings. The van der Waals surface area contributed by atoms with E-state index in [0.29, 0.717) is 24.6 Å². The lowest BCUT2D eigenvalue weighted by atomic mass is 10.3. The Morgan fingerprint density at radius 1 is 1.08 bits per heavy atom. The third-order valence-electron chi connectivity index (χ3n) is 3.16. The molecule has 26 heavy (non-hydrogen) atoms. The number of rotatable bonds is 9. The van der Waals surface area contributed by atoms with Crippen LogP contribution in [-0.4, -0.2) is 37.5 Å². The summed E-state index contributed by atoms with van der Waals surface area (Å²) in [5.74, 6) is 1.09. The van der Waals surface area contributed by atoms with Crippen molar-refractivity contribution in [3.63, 3.8) is 0 Å². The van der Waals surface area contributed by atoms with Gasteiger partial charge in [-0.15, -0.1) is 11.8 Å². The SMILES string of the molecule is CCOC(=O)Nc1cccc(OCC(=O)NCCSc2ccccc2)c1. The fraction of sp³-hybridized carbons (Fsp3) is 0.263. The van der Waals surface area contributed by atoms with Crippen molar-refractivity contribution in [2.45, 2.75) is 11.8 Å². The van der Waals surface area contributed by atoms with E-state index in [2.05, 4.69) is 10.6 Å². The first-order valence-electron chi connectivity index (χ1n) is 8.28. The number of nitrogens with one attached hydrogen (secondary N) is 2. The molecule has 2 aromatic carbocycles. The summed E-state index contributed by atoms with van der Waals surface area (Å²) in [6.07, 6.45) is -0.529. The molecule has 0 saturated heterocycles. The predicted molar refractivity (Wildman–Crippen MR) is 103 cm³/mol. The molecule has 0 saturated carbocycles. The third-order valence-corrected chi connectivity index (χ3v) is 4.18. The second kappa shape index (κ2) is 11.0. The van der Waals surface area contributed by atoms with Crippen LogP contribution in [0.2, 0.25) is 0 Å². The van der Waals surface area contributed by atoms with Gasteiger partial charge in [-0.1, -0.05) is 24.3 Å². The van der Waals surface area contributed by atoms with Gasteiger partial charge in [0, 0.05) is 28.9 Å². The van der Waals surface area contributed by atoms with E-state index in [-0.39, 0.29) is 12.5 Å². The number of amides is 2. The smallest absolute Gasteiger partial charge is 0.411 e. The van der Waals surface area contributed by atoms with Crippen LogP contribution in [0, 0.1) is 0 Å². The van der Waals surface area contributed by atoms with Crippen molar-refractivity contribution in [1.82, 2.24) is 5.32 Å². The van der Waals surface area contributed by atoms with Crippen LogP contribution < -0.4 is 15.4 Å². The van der Waals surface area contributed by atoms with Gasteiger partial charge in [0.05, 0.1) is 6.61 Å². The Balaban J connectivity index is 1.67. The summed E-state index contributed by atoms with van der Waals surface area (Å²) in [6.45, 7) is 2.51. The number of carbonyl (C=O) groups is 2. The van der Waals surface area contributed by atoms with Gasteiger partial charge >= 0.3 is 6.09 Å². The predicted octanol–water partition coefficient (Wildman–Crippen LogP) is 3.54. The second-order valence-electron chi connectivity index (χ2n) is 5.17. The van der Waals surface area contributed by atoms with E-state index in [1.54, 1.807) is 43.0 Å². The van der Waals surface area contributed by atoms with Gasteiger partial charge in [0.15, 0.2) is 6.61 Å². The zero-order chi connectivity index (χ0) is 18.6. The summed E-state index contributed by atoms with van der Waals surface area (Å²) in [5.41, 5.74) is 0.542. The first kappa shape index (κ1) is 19.7. The Morgan fingerprint density at radius 2 is 1.88 bits per heavy atom.